The largest absolute Gasteiger partial charge is 0.497 e. The number of nitrogens with zero attached hydrogens (tertiary/aromatic N) is 2. The summed E-state index contributed by atoms with van der Waals surface area (Å²) in [6.45, 7) is 10.1. The molecule has 5 atom stereocenters. The van der Waals surface area contributed by atoms with E-state index in [9.17, 15) is 4.79 Å². The average Bonchev–Trinajstić information content (AvgIpc) is 3.03. The van der Waals surface area contributed by atoms with Crippen LogP contribution in [0, 0.1) is 0 Å². The second-order valence-corrected chi connectivity index (χ2v) is 11.7. The van der Waals surface area contributed by atoms with Crippen molar-refractivity contribution in [2.45, 2.75) is 57.1 Å². The second-order valence-electron chi connectivity index (χ2n) is 11.7. The summed E-state index contributed by atoms with van der Waals surface area (Å²) in [5.41, 5.74) is 3.28. The number of hydrogen-bond acceptors (Lipinski definition) is 9. The summed E-state index contributed by atoms with van der Waals surface area (Å²) in [5, 5.41) is 3.49. The number of piperidine rings is 1. The summed E-state index contributed by atoms with van der Waals surface area (Å²) in [7, 11) is 3.40. The zero-order valence-electron chi connectivity index (χ0n) is 26.0. The van der Waals surface area contributed by atoms with Gasteiger partial charge in [-0.25, -0.2) is 0 Å². The molecule has 3 aliphatic heterocycles. The maximum atomic E-state index is 13.3. The lowest BCUT2D eigenvalue weighted by molar-refractivity contribution is -0.153. The van der Waals surface area contributed by atoms with E-state index in [1.54, 1.807) is 14.2 Å². The Morgan fingerprint density at radius 1 is 1.00 bits per heavy atom. The molecule has 0 unspecified atom stereocenters. The van der Waals surface area contributed by atoms with Crippen LogP contribution in [0.2, 0.25) is 0 Å². The number of morpholine rings is 1. The Morgan fingerprint density at radius 2 is 1.74 bits per heavy atom. The third kappa shape index (κ3) is 7.80. The second kappa shape index (κ2) is 15.2. The molecule has 2 fully saturated rings. The Labute approximate surface area is 255 Å². The summed E-state index contributed by atoms with van der Waals surface area (Å²) in [6, 6.07) is 14.4. The van der Waals surface area contributed by atoms with Crippen molar-refractivity contribution in [1.82, 2.24) is 10.2 Å². The molecule has 2 aromatic rings. The Balaban J connectivity index is 1.29. The van der Waals surface area contributed by atoms with Crippen LogP contribution in [0.5, 0.6) is 11.5 Å². The molecule has 0 radical (unpaired) electrons. The number of ether oxygens (including phenoxy) is 6. The van der Waals surface area contributed by atoms with E-state index in [1.165, 1.54) is 0 Å². The van der Waals surface area contributed by atoms with Crippen LogP contribution in [0.1, 0.15) is 37.3 Å². The van der Waals surface area contributed by atoms with Crippen molar-refractivity contribution in [3.63, 3.8) is 0 Å². The zero-order chi connectivity index (χ0) is 30.2. The fourth-order valence-corrected chi connectivity index (χ4v) is 6.43. The van der Waals surface area contributed by atoms with Crippen LogP contribution in [0.4, 0.5) is 5.69 Å². The molecular weight excluding hydrogens is 550 g/mol. The average molecular weight is 598 g/mol. The number of carbonyl (C=O) groups is 1. The number of anilines is 1. The Bertz CT molecular complexity index is 1170. The summed E-state index contributed by atoms with van der Waals surface area (Å²) in [5.74, 6) is 1.63. The van der Waals surface area contributed by atoms with Gasteiger partial charge in [0.25, 0.3) is 0 Å². The highest BCUT2D eigenvalue weighted by molar-refractivity contribution is 5.78. The van der Waals surface area contributed by atoms with Gasteiger partial charge in [-0.05, 0) is 55.7 Å². The van der Waals surface area contributed by atoms with Crippen molar-refractivity contribution in [3.05, 3.63) is 53.6 Å². The molecule has 0 bridgehead atoms. The number of hydrogen-bond donors (Lipinski definition) is 1. The first-order valence-electron chi connectivity index (χ1n) is 15.4. The molecule has 10 heteroatoms. The molecule has 236 valence electrons. The molecule has 5 rings (SSSR count). The van der Waals surface area contributed by atoms with Crippen LogP contribution < -0.4 is 19.7 Å². The van der Waals surface area contributed by atoms with Crippen LogP contribution in [-0.2, 0) is 30.3 Å². The van der Waals surface area contributed by atoms with Gasteiger partial charge in [-0.2, -0.15) is 0 Å². The molecule has 0 saturated carbocycles. The minimum Gasteiger partial charge on any atom is -0.497 e. The highest BCUT2D eigenvalue weighted by Crippen LogP contribution is 2.35. The number of fused-ring (bicyclic) bond motifs is 1. The number of methoxy groups -OCH3 is 2. The van der Waals surface area contributed by atoms with Gasteiger partial charge in [0.1, 0.15) is 24.7 Å². The molecule has 3 heterocycles. The smallest absolute Gasteiger partial charge is 0.249 e. The van der Waals surface area contributed by atoms with Gasteiger partial charge in [-0.1, -0.05) is 18.2 Å². The molecule has 0 aliphatic carbocycles. The molecule has 2 saturated heterocycles. The van der Waals surface area contributed by atoms with Crippen LogP contribution in [0.3, 0.4) is 0 Å². The SMILES string of the molecule is COCCCN1CCOc2ccc(CO[C@H]3CNC[C@@H](OCC(=O)N4[C@H](C)COC[C@@H]4C)[C@@H]3c3ccc(OC)cc3)cc21. The van der Waals surface area contributed by atoms with Crippen molar-refractivity contribution >= 4 is 11.6 Å². The number of carbonyl (C=O) groups excluding carboxylic acids is 1. The maximum Gasteiger partial charge on any atom is 0.249 e. The van der Waals surface area contributed by atoms with Crippen molar-refractivity contribution in [2.24, 2.45) is 0 Å². The Kier molecular flexibility index (Phi) is 11.2. The third-order valence-corrected chi connectivity index (χ3v) is 8.59. The topological polar surface area (TPSA) is 91.0 Å². The van der Waals surface area contributed by atoms with E-state index in [-0.39, 0.29) is 42.7 Å². The van der Waals surface area contributed by atoms with Gasteiger partial charge >= 0.3 is 0 Å². The van der Waals surface area contributed by atoms with Crippen LogP contribution in [-0.4, -0.2) is 109 Å². The lowest BCUT2D eigenvalue weighted by Crippen LogP contribution is -2.55. The van der Waals surface area contributed by atoms with E-state index in [1.807, 2.05) is 36.9 Å². The van der Waals surface area contributed by atoms with Gasteiger partial charge in [0.05, 0.1) is 63.5 Å². The summed E-state index contributed by atoms with van der Waals surface area (Å²) < 4.78 is 35.3. The molecule has 1 N–H and O–H groups in total. The Morgan fingerprint density at radius 3 is 2.47 bits per heavy atom. The van der Waals surface area contributed by atoms with Crippen LogP contribution in [0.25, 0.3) is 0 Å². The predicted molar refractivity (Wildman–Crippen MR) is 164 cm³/mol. The fourth-order valence-electron chi connectivity index (χ4n) is 6.43. The maximum absolute atomic E-state index is 13.3. The van der Waals surface area contributed by atoms with Crippen molar-refractivity contribution in [2.75, 3.05) is 78.3 Å². The van der Waals surface area contributed by atoms with Gasteiger partial charge < -0.3 is 43.5 Å². The number of rotatable bonds is 12. The molecule has 0 spiro atoms. The van der Waals surface area contributed by atoms with E-state index in [2.05, 4.69) is 34.5 Å². The first kappa shape index (κ1) is 31.5. The number of benzene rings is 2. The zero-order valence-corrected chi connectivity index (χ0v) is 26.0. The predicted octanol–water partition coefficient (Wildman–Crippen LogP) is 3.22. The van der Waals surface area contributed by atoms with Crippen LogP contribution >= 0.6 is 0 Å². The van der Waals surface area contributed by atoms with E-state index in [0.717, 1.165) is 54.4 Å². The highest BCUT2D eigenvalue weighted by Gasteiger charge is 2.38. The molecule has 0 aromatic heterocycles. The van der Waals surface area contributed by atoms with Crippen molar-refractivity contribution in [3.8, 4) is 11.5 Å². The molecule has 10 nitrogen and oxygen atoms in total. The van der Waals surface area contributed by atoms with E-state index in [0.29, 0.717) is 39.5 Å². The summed E-state index contributed by atoms with van der Waals surface area (Å²) in [4.78, 5) is 17.5. The van der Waals surface area contributed by atoms with Crippen molar-refractivity contribution < 1.29 is 33.2 Å². The molecular formula is C33H47N3O7. The standard InChI is InChI=1S/C33H47N3O7/c1-23-19-40-20-24(2)36(23)32(37)22-43-31-18-34-17-30(33(31)26-7-9-27(39-4)10-8-26)42-21-25-6-11-29-28(16-25)35(13-15-41-29)12-5-14-38-3/h6-11,16,23-24,30-31,33-34H,5,12-15,17-22H2,1-4H3/t23-,24+,30-,31+,33+/m0/s1. The molecule has 1 amide bonds. The summed E-state index contributed by atoms with van der Waals surface area (Å²) in [6.07, 6.45) is 0.561. The number of amides is 1. The molecule has 43 heavy (non-hydrogen) atoms. The lowest BCUT2D eigenvalue weighted by Gasteiger charge is -2.41. The van der Waals surface area contributed by atoms with Gasteiger partial charge in [0.15, 0.2) is 0 Å². The minimum absolute atomic E-state index is 0.00819. The first-order valence-corrected chi connectivity index (χ1v) is 15.4. The van der Waals surface area contributed by atoms with Crippen molar-refractivity contribution in [1.29, 1.82) is 0 Å². The van der Waals surface area contributed by atoms with Gasteiger partial charge in [0, 0.05) is 39.3 Å². The van der Waals surface area contributed by atoms with E-state index >= 15 is 0 Å². The van der Waals surface area contributed by atoms with Gasteiger partial charge in [0.2, 0.25) is 5.91 Å². The third-order valence-electron chi connectivity index (χ3n) is 8.59. The van der Waals surface area contributed by atoms with Gasteiger partial charge in [-0.3, -0.25) is 4.79 Å². The summed E-state index contributed by atoms with van der Waals surface area (Å²) >= 11 is 0. The highest BCUT2D eigenvalue weighted by atomic mass is 16.5. The molecule has 2 aromatic carbocycles. The van der Waals surface area contributed by atoms with E-state index in [4.69, 9.17) is 28.4 Å². The fraction of sp³-hybridized carbons (Fsp3) is 0.606. The van der Waals surface area contributed by atoms with Gasteiger partial charge in [-0.15, -0.1) is 0 Å². The quantitative estimate of drug-likeness (QED) is 0.371. The monoisotopic (exact) mass is 597 g/mol. The number of nitrogens with one attached hydrogen (secondary N) is 1. The first-order chi connectivity index (χ1) is 21.0. The van der Waals surface area contributed by atoms with E-state index < -0.39 is 0 Å². The molecule has 3 aliphatic rings. The Hall–Kier alpha value is -2.89. The van der Waals surface area contributed by atoms with Crippen LogP contribution in [0.15, 0.2) is 42.5 Å². The minimum atomic E-state index is -0.240. The lowest BCUT2D eigenvalue weighted by atomic mass is 9.85. The normalized spacial score (nSPS) is 25.6.